The van der Waals surface area contributed by atoms with Gasteiger partial charge in [-0.05, 0) is 42.3 Å². The Morgan fingerprint density at radius 3 is 2.31 bits per heavy atom. The van der Waals surface area contributed by atoms with Gasteiger partial charge >= 0.3 is 0 Å². The van der Waals surface area contributed by atoms with Gasteiger partial charge in [0.25, 0.3) is 5.91 Å². The number of hydrazone groups is 1. The van der Waals surface area contributed by atoms with E-state index in [1.165, 1.54) is 11.8 Å². The number of benzene rings is 3. The highest BCUT2D eigenvalue weighted by Crippen LogP contribution is 2.34. The van der Waals surface area contributed by atoms with Crippen LogP contribution in [0.3, 0.4) is 0 Å². The number of ether oxygens (including phenoxy) is 2. The van der Waals surface area contributed by atoms with Crippen LogP contribution in [-0.4, -0.2) is 46.4 Å². The predicted octanol–water partition coefficient (Wildman–Crippen LogP) is 4.97. The van der Waals surface area contributed by atoms with Crippen LogP contribution < -0.4 is 14.9 Å². The molecule has 184 valence electrons. The number of amides is 1. The van der Waals surface area contributed by atoms with Crippen molar-refractivity contribution in [2.75, 3.05) is 20.0 Å². The van der Waals surface area contributed by atoms with Crippen molar-refractivity contribution < 1.29 is 14.3 Å². The third-order valence-corrected chi connectivity index (χ3v) is 6.31. The summed E-state index contributed by atoms with van der Waals surface area (Å²) in [5.41, 5.74) is 6.15. The van der Waals surface area contributed by atoms with Gasteiger partial charge in [0.1, 0.15) is 0 Å². The maximum Gasteiger partial charge on any atom is 0.250 e. The second-order valence-electron chi connectivity index (χ2n) is 7.65. The first kappa shape index (κ1) is 25.0. The van der Waals surface area contributed by atoms with Crippen LogP contribution >= 0.6 is 11.8 Å². The molecule has 0 unspecified atom stereocenters. The third kappa shape index (κ3) is 5.75. The fourth-order valence-electron chi connectivity index (χ4n) is 3.61. The summed E-state index contributed by atoms with van der Waals surface area (Å²) in [6, 6.07) is 25.1. The van der Waals surface area contributed by atoms with E-state index in [0.717, 1.165) is 22.5 Å². The van der Waals surface area contributed by atoms with Crippen LogP contribution in [0.25, 0.3) is 17.1 Å². The summed E-state index contributed by atoms with van der Waals surface area (Å²) in [6.07, 6.45) is 0.703. The van der Waals surface area contributed by atoms with Crippen molar-refractivity contribution in [3.05, 3.63) is 84.4 Å². The predicted molar refractivity (Wildman–Crippen MR) is 142 cm³/mol. The van der Waals surface area contributed by atoms with Crippen molar-refractivity contribution in [1.82, 2.24) is 20.2 Å². The van der Waals surface area contributed by atoms with E-state index in [-0.39, 0.29) is 11.7 Å². The summed E-state index contributed by atoms with van der Waals surface area (Å²) in [4.78, 5) is 12.6. The summed E-state index contributed by atoms with van der Waals surface area (Å²) in [5.74, 6) is 1.75. The maximum atomic E-state index is 12.6. The van der Waals surface area contributed by atoms with Gasteiger partial charge in [0.2, 0.25) is 0 Å². The molecule has 1 N–H and O–H groups in total. The Kier molecular flexibility index (Phi) is 8.36. The molecule has 3 aromatic carbocycles. The molecule has 1 amide bonds. The van der Waals surface area contributed by atoms with Crippen molar-refractivity contribution in [3.8, 4) is 28.6 Å². The van der Waals surface area contributed by atoms with E-state index < -0.39 is 0 Å². The molecule has 4 rings (SSSR count). The molecule has 1 heterocycles. The second kappa shape index (κ2) is 12.0. The van der Waals surface area contributed by atoms with Gasteiger partial charge in [0, 0.05) is 11.3 Å². The van der Waals surface area contributed by atoms with Gasteiger partial charge in [-0.2, -0.15) is 5.10 Å². The fourth-order valence-corrected chi connectivity index (χ4v) is 4.35. The van der Waals surface area contributed by atoms with E-state index in [1.54, 1.807) is 14.2 Å². The minimum absolute atomic E-state index is 0.131. The van der Waals surface area contributed by atoms with Crippen molar-refractivity contribution >= 4 is 23.4 Å². The number of hydrogen-bond donors (Lipinski definition) is 1. The largest absolute Gasteiger partial charge is 0.493 e. The average Bonchev–Trinajstić information content (AvgIpc) is 3.37. The molecule has 0 atom stereocenters. The third-order valence-electron chi connectivity index (χ3n) is 5.38. The molecule has 1 aromatic heterocycles. The lowest BCUT2D eigenvalue weighted by molar-refractivity contribution is -0.118. The fraction of sp³-hybridized carbons (Fsp3) is 0.185. The second-order valence-corrected chi connectivity index (χ2v) is 8.59. The van der Waals surface area contributed by atoms with E-state index in [0.29, 0.717) is 28.9 Å². The maximum absolute atomic E-state index is 12.6. The van der Waals surface area contributed by atoms with Crippen LogP contribution in [0.2, 0.25) is 0 Å². The zero-order valence-corrected chi connectivity index (χ0v) is 21.2. The van der Waals surface area contributed by atoms with Gasteiger partial charge in [0.05, 0.1) is 25.7 Å². The molecule has 0 spiro atoms. The molecule has 0 aliphatic carbocycles. The zero-order valence-electron chi connectivity index (χ0n) is 20.3. The van der Waals surface area contributed by atoms with E-state index in [2.05, 4.69) is 20.7 Å². The normalized spacial score (nSPS) is 11.2. The summed E-state index contributed by atoms with van der Waals surface area (Å²) >= 11 is 1.29. The van der Waals surface area contributed by atoms with Crippen molar-refractivity contribution in [3.63, 3.8) is 0 Å². The van der Waals surface area contributed by atoms with Crippen molar-refractivity contribution in [1.29, 1.82) is 0 Å². The summed E-state index contributed by atoms with van der Waals surface area (Å²) in [6.45, 7) is 2.00. The number of carbonyl (C=O) groups excluding carboxylic acids is 1. The van der Waals surface area contributed by atoms with Crippen LogP contribution in [0, 0.1) is 0 Å². The van der Waals surface area contributed by atoms with E-state index >= 15 is 0 Å². The van der Waals surface area contributed by atoms with E-state index in [9.17, 15) is 4.79 Å². The number of hydrogen-bond acceptors (Lipinski definition) is 7. The first-order chi connectivity index (χ1) is 17.6. The Morgan fingerprint density at radius 2 is 1.64 bits per heavy atom. The Morgan fingerprint density at radius 1 is 0.944 bits per heavy atom. The minimum atomic E-state index is -0.225. The van der Waals surface area contributed by atoms with Crippen LogP contribution in [0.15, 0.2) is 89.1 Å². The number of thioether (sulfide) groups is 1. The monoisotopic (exact) mass is 501 g/mol. The smallest absolute Gasteiger partial charge is 0.250 e. The molecule has 0 aliphatic heterocycles. The topological polar surface area (TPSA) is 90.6 Å². The number of aromatic nitrogens is 3. The highest BCUT2D eigenvalue weighted by molar-refractivity contribution is 7.99. The zero-order chi connectivity index (χ0) is 25.3. The number of methoxy groups -OCH3 is 2. The lowest BCUT2D eigenvalue weighted by Gasteiger charge is -2.12. The van der Waals surface area contributed by atoms with Crippen LogP contribution in [0.1, 0.15) is 18.9 Å². The van der Waals surface area contributed by atoms with Gasteiger partial charge < -0.3 is 9.47 Å². The Balaban J connectivity index is 1.57. The highest BCUT2D eigenvalue weighted by atomic mass is 32.2. The highest BCUT2D eigenvalue weighted by Gasteiger charge is 2.19. The Hall–Kier alpha value is -4.11. The average molecular weight is 502 g/mol. The summed E-state index contributed by atoms with van der Waals surface area (Å²) in [5, 5.41) is 13.7. The molecule has 0 aliphatic rings. The molecule has 36 heavy (non-hydrogen) atoms. The molecule has 0 radical (unpaired) electrons. The number of carbonyl (C=O) groups is 1. The molecular weight excluding hydrogens is 474 g/mol. The van der Waals surface area contributed by atoms with Crippen molar-refractivity contribution in [2.45, 2.75) is 18.5 Å². The van der Waals surface area contributed by atoms with Crippen LogP contribution in [-0.2, 0) is 4.79 Å². The SMILES string of the molecule is CCC(=NNC(=O)CSc1nnc(-c2ccc(OC)c(OC)c2)n1-c1ccccc1)c1ccccc1. The molecule has 0 saturated heterocycles. The van der Waals surface area contributed by atoms with Crippen molar-refractivity contribution in [2.24, 2.45) is 5.10 Å². The molecule has 8 nitrogen and oxygen atoms in total. The molecular formula is C27H27N5O3S. The number of nitrogens with zero attached hydrogens (tertiary/aromatic N) is 4. The molecule has 0 bridgehead atoms. The van der Waals surface area contributed by atoms with Crippen LogP contribution in [0.4, 0.5) is 0 Å². The number of nitrogens with one attached hydrogen (secondary N) is 1. The van der Waals surface area contributed by atoms with E-state index in [4.69, 9.17) is 9.47 Å². The number of rotatable bonds is 10. The van der Waals surface area contributed by atoms with Gasteiger partial charge in [-0.15, -0.1) is 10.2 Å². The van der Waals surface area contributed by atoms with Gasteiger partial charge in [-0.25, -0.2) is 5.43 Å². The number of para-hydroxylation sites is 1. The molecule has 0 saturated carbocycles. The molecule has 4 aromatic rings. The molecule has 0 fully saturated rings. The lowest BCUT2D eigenvalue weighted by atomic mass is 10.1. The van der Waals surface area contributed by atoms with Gasteiger partial charge in [0.15, 0.2) is 22.5 Å². The summed E-state index contributed by atoms with van der Waals surface area (Å²) < 4.78 is 12.7. The standard InChI is InChI=1S/C27H27N5O3S/c1-4-22(19-11-7-5-8-12-19)28-29-25(33)18-36-27-31-30-26(32(27)21-13-9-6-10-14-21)20-15-16-23(34-2)24(17-20)35-3/h5-17H,4,18H2,1-3H3,(H,29,33). The Bertz CT molecular complexity index is 1340. The van der Waals surface area contributed by atoms with Crippen LogP contribution in [0.5, 0.6) is 11.5 Å². The van der Waals surface area contributed by atoms with Gasteiger partial charge in [-0.1, -0.05) is 67.2 Å². The van der Waals surface area contributed by atoms with Gasteiger partial charge in [-0.3, -0.25) is 9.36 Å². The first-order valence-corrected chi connectivity index (χ1v) is 12.4. The minimum Gasteiger partial charge on any atom is -0.493 e. The first-order valence-electron chi connectivity index (χ1n) is 11.4. The van der Waals surface area contributed by atoms with E-state index in [1.807, 2.05) is 90.4 Å². The quantitative estimate of drug-likeness (QED) is 0.187. The lowest BCUT2D eigenvalue weighted by Crippen LogP contribution is -2.22. The Labute approximate surface area is 214 Å². The molecule has 9 heteroatoms. The summed E-state index contributed by atoms with van der Waals surface area (Å²) in [7, 11) is 3.19.